The molecule has 3 N–H and O–H groups in total. The third kappa shape index (κ3) is 3.31. The van der Waals surface area contributed by atoms with Crippen LogP contribution in [0.15, 0.2) is 20.6 Å². The van der Waals surface area contributed by atoms with Gasteiger partial charge in [0.15, 0.2) is 0 Å². The van der Waals surface area contributed by atoms with Crippen LogP contribution in [0.1, 0.15) is 36.0 Å². The molecule has 0 aromatic carbocycles. The second-order valence-corrected chi connectivity index (χ2v) is 5.75. The van der Waals surface area contributed by atoms with Gasteiger partial charge in [0.25, 0.3) is 11.1 Å². The molecule has 0 radical (unpaired) electrons. The first kappa shape index (κ1) is 15.4. The minimum atomic E-state index is -0.521. The Morgan fingerprint density at radius 1 is 1.22 bits per heavy atom. The SMILES string of the molecule is CCCc1nc2c(c(=O)[nH]1)CN(Cc1c[nH]c(=O)[nH]c1=O)CC2. The number of nitrogens with one attached hydrogen (secondary N) is 3. The van der Waals surface area contributed by atoms with Gasteiger partial charge in [-0.1, -0.05) is 6.92 Å². The van der Waals surface area contributed by atoms with Crippen LogP contribution in [0.2, 0.25) is 0 Å². The van der Waals surface area contributed by atoms with E-state index in [2.05, 4.69) is 19.9 Å². The van der Waals surface area contributed by atoms with Crippen molar-refractivity contribution in [1.29, 1.82) is 0 Å². The van der Waals surface area contributed by atoms with Gasteiger partial charge in [-0.3, -0.25) is 19.5 Å². The van der Waals surface area contributed by atoms with Gasteiger partial charge in [-0.05, 0) is 6.42 Å². The van der Waals surface area contributed by atoms with Crippen molar-refractivity contribution in [2.24, 2.45) is 0 Å². The van der Waals surface area contributed by atoms with E-state index in [0.29, 0.717) is 37.2 Å². The second kappa shape index (κ2) is 6.33. The first-order valence-corrected chi connectivity index (χ1v) is 7.71. The molecule has 3 heterocycles. The quantitative estimate of drug-likeness (QED) is 0.713. The van der Waals surface area contributed by atoms with Crippen LogP contribution >= 0.6 is 0 Å². The molecule has 0 fully saturated rings. The standard InChI is InChI=1S/C15H19N5O3/c1-2-3-12-17-11-4-5-20(8-10(11)14(22)18-12)7-9-6-16-15(23)19-13(9)21/h6H,2-5,7-8H2,1H3,(H,17,18,22)(H2,16,19,21,23). The van der Waals surface area contributed by atoms with E-state index in [1.54, 1.807) is 0 Å². The molecular weight excluding hydrogens is 298 g/mol. The van der Waals surface area contributed by atoms with Crippen LogP contribution in [0.3, 0.4) is 0 Å². The van der Waals surface area contributed by atoms with Crippen LogP contribution in [0.25, 0.3) is 0 Å². The fourth-order valence-electron chi connectivity index (χ4n) is 2.82. The zero-order valence-electron chi connectivity index (χ0n) is 12.9. The van der Waals surface area contributed by atoms with E-state index >= 15 is 0 Å². The van der Waals surface area contributed by atoms with E-state index in [4.69, 9.17) is 0 Å². The van der Waals surface area contributed by atoms with Crippen molar-refractivity contribution in [2.45, 2.75) is 39.3 Å². The van der Waals surface area contributed by atoms with E-state index < -0.39 is 11.2 Å². The monoisotopic (exact) mass is 317 g/mol. The molecule has 0 unspecified atom stereocenters. The molecule has 0 saturated heterocycles. The van der Waals surface area contributed by atoms with Gasteiger partial charge in [0.1, 0.15) is 5.82 Å². The van der Waals surface area contributed by atoms with Gasteiger partial charge in [-0.25, -0.2) is 9.78 Å². The third-order valence-electron chi connectivity index (χ3n) is 3.97. The number of nitrogens with zero attached hydrogens (tertiary/aromatic N) is 2. The summed E-state index contributed by atoms with van der Waals surface area (Å²) in [6.07, 6.45) is 3.79. The van der Waals surface area contributed by atoms with Crippen molar-refractivity contribution in [3.8, 4) is 0 Å². The third-order valence-corrected chi connectivity index (χ3v) is 3.97. The number of rotatable bonds is 4. The van der Waals surface area contributed by atoms with Crippen molar-refractivity contribution in [3.05, 3.63) is 60.0 Å². The Balaban J connectivity index is 1.81. The number of hydrogen-bond donors (Lipinski definition) is 3. The Morgan fingerprint density at radius 2 is 2.04 bits per heavy atom. The second-order valence-electron chi connectivity index (χ2n) is 5.75. The minimum Gasteiger partial charge on any atom is -0.314 e. The highest BCUT2D eigenvalue weighted by molar-refractivity contribution is 5.21. The Kier molecular flexibility index (Phi) is 4.24. The van der Waals surface area contributed by atoms with Crippen LogP contribution < -0.4 is 16.8 Å². The molecule has 0 atom stereocenters. The Morgan fingerprint density at radius 3 is 2.78 bits per heavy atom. The average molecular weight is 317 g/mol. The molecule has 1 aliphatic heterocycles. The summed E-state index contributed by atoms with van der Waals surface area (Å²) in [5.41, 5.74) is 0.969. The van der Waals surface area contributed by atoms with Gasteiger partial charge < -0.3 is 9.97 Å². The molecule has 2 aromatic rings. The number of aryl methyl sites for hydroxylation is 1. The van der Waals surface area contributed by atoms with Gasteiger partial charge >= 0.3 is 5.69 Å². The zero-order valence-corrected chi connectivity index (χ0v) is 12.9. The summed E-state index contributed by atoms with van der Waals surface area (Å²) in [5, 5.41) is 0. The van der Waals surface area contributed by atoms with E-state index in [0.717, 1.165) is 24.4 Å². The van der Waals surface area contributed by atoms with Crippen LogP contribution in [0, 0.1) is 0 Å². The van der Waals surface area contributed by atoms with Gasteiger partial charge in [0, 0.05) is 44.2 Å². The maximum atomic E-state index is 12.2. The van der Waals surface area contributed by atoms with Crippen molar-refractivity contribution in [2.75, 3.05) is 6.54 Å². The van der Waals surface area contributed by atoms with Crippen LogP contribution in [-0.4, -0.2) is 31.4 Å². The van der Waals surface area contributed by atoms with Gasteiger partial charge in [0.05, 0.1) is 11.3 Å². The summed E-state index contributed by atoms with van der Waals surface area (Å²) in [6.45, 7) is 3.58. The maximum absolute atomic E-state index is 12.2. The Hall–Kier alpha value is -2.48. The molecule has 8 heteroatoms. The molecule has 23 heavy (non-hydrogen) atoms. The molecule has 2 aromatic heterocycles. The van der Waals surface area contributed by atoms with Crippen molar-refractivity contribution >= 4 is 0 Å². The van der Waals surface area contributed by atoms with Crippen molar-refractivity contribution < 1.29 is 0 Å². The lowest BCUT2D eigenvalue weighted by Crippen LogP contribution is -2.37. The van der Waals surface area contributed by atoms with Crippen LogP contribution in [0.4, 0.5) is 0 Å². The predicted molar refractivity (Wildman–Crippen MR) is 84.4 cm³/mol. The molecule has 122 valence electrons. The first-order chi connectivity index (χ1) is 11.1. The summed E-state index contributed by atoms with van der Waals surface area (Å²) < 4.78 is 0. The van der Waals surface area contributed by atoms with Crippen LogP contribution in [-0.2, 0) is 25.9 Å². The fourth-order valence-corrected chi connectivity index (χ4v) is 2.82. The zero-order chi connectivity index (χ0) is 16.4. The summed E-state index contributed by atoms with van der Waals surface area (Å²) in [6, 6.07) is 0. The number of H-pyrrole nitrogens is 3. The largest absolute Gasteiger partial charge is 0.325 e. The number of fused-ring (bicyclic) bond motifs is 1. The topological polar surface area (TPSA) is 115 Å². The number of aromatic amines is 3. The van der Waals surface area contributed by atoms with E-state index in [9.17, 15) is 14.4 Å². The van der Waals surface area contributed by atoms with Gasteiger partial charge in [-0.15, -0.1) is 0 Å². The van der Waals surface area contributed by atoms with Gasteiger partial charge in [0.2, 0.25) is 0 Å². The lowest BCUT2D eigenvalue weighted by molar-refractivity contribution is 0.240. The van der Waals surface area contributed by atoms with Crippen molar-refractivity contribution in [3.63, 3.8) is 0 Å². The summed E-state index contributed by atoms with van der Waals surface area (Å²) in [4.78, 5) is 49.1. The number of hydrogen-bond acceptors (Lipinski definition) is 5. The van der Waals surface area contributed by atoms with Crippen LogP contribution in [0.5, 0.6) is 0 Å². The summed E-state index contributed by atoms with van der Waals surface area (Å²) in [5.74, 6) is 0.738. The minimum absolute atomic E-state index is 0.0986. The Bertz CT molecular complexity index is 880. The normalized spacial score (nSPS) is 14.7. The number of aromatic nitrogens is 4. The maximum Gasteiger partial charge on any atom is 0.325 e. The average Bonchev–Trinajstić information content (AvgIpc) is 2.51. The first-order valence-electron chi connectivity index (χ1n) is 7.71. The molecule has 3 rings (SSSR count). The lowest BCUT2D eigenvalue weighted by Gasteiger charge is -2.27. The lowest BCUT2D eigenvalue weighted by atomic mass is 10.1. The highest BCUT2D eigenvalue weighted by Crippen LogP contribution is 2.15. The fraction of sp³-hybridized carbons (Fsp3) is 0.467. The highest BCUT2D eigenvalue weighted by Gasteiger charge is 2.21. The summed E-state index contributed by atoms with van der Waals surface area (Å²) in [7, 11) is 0. The van der Waals surface area contributed by atoms with E-state index in [1.807, 2.05) is 11.8 Å². The molecular formula is C15H19N5O3. The van der Waals surface area contributed by atoms with E-state index in [-0.39, 0.29) is 5.56 Å². The Labute approximate surface area is 131 Å². The molecule has 8 nitrogen and oxygen atoms in total. The molecule has 0 aliphatic carbocycles. The van der Waals surface area contributed by atoms with E-state index in [1.165, 1.54) is 6.20 Å². The highest BCUT2D eigenvalue weighted by atomic mass is 16.2. The smallest absolute Gasteiger partial charge is 0.314 e. The summed E-state index contributed by atoms with van der Waals surface area (Å²) >= 11 is 0. The molecule has 0 saturated carbocycles. The molecule has 0 spiro atoms. The predicted octanol–water partition coefficient (Wildman–Crippen LogP) is -0.343. The van der Waals surface area contributed by atoms with Crippen molar-refractivity contribution in [1.82, 2.24) is 24.8 Å². The molecule has 0 amide bonds. The van der Waals surface area contributed by atoms with Gasteiger partial charge in [-0.2, -0.15) is 0 Å². The molecule has 0 bridgehead atoms. The molecule has 1 aliphatic rings.